The molecule has 0 N–H and O–H groups in total. The van der Waals surface area contributed by atoms with Gasteiger partial charge in [0, 0.05) is 11.2 Å². The zero-order valence-corrected chi connectivity index (χ0v) is 12.8. The van der Waals surface area contributed by atoms with Gasteiger partial charge in [-0.25, -0.2) is 8.42 Å². The van der Waals surface area contributed by atoms with Gasteiger partial charge in [-0.2, -0.15) is 5.26 Å². The van der Waals surface area contributed by atoms with E-state index in [-0.39, 0.29) is 17.3 Å². The molecule has 19 heavy (non-hydrogen) atoms. The summed E-state index contributed by atoms with van der Waals surface area (Å²) in [5.41, 5.74) is -1.43. The number of nitrogens with zero attached hydrogens (tertiary/aromatic N) is 1. The molecule has 1 aliphatic rings. The second-order valence-corrected chi connectivity index (χ2v) is 8.57. The van der Waals surface area contributed by atoms with Crippen LogP contribution in [-0.4, -0.2) is 25.7 Å². The number of carbonyl (C=O) groups is 1. The van der Waals surface area contributed by atoms with Gasteiger partial charge in [0.25, 0.3) is 0 Å². The molecule has 0 spiro atoms. The fraction of sp³-hybridized carbons (Fsp3) is 0.857. The summed E-state index contributed by atoms with van der Waals surface area (Å²) >= 11 is 0. The first-order valence-electron chi connectivity index (χ1n) is 6.86. The third kappa shape index (κ3) is 3.56. The number of rotatable bonds is 5. The van der Waals surface area contributed by atoms with Gasteiger partial charge in [-0.3, -0.25) is 4.79 Å². The molecular formula is C14H23NO3S. The molecule has 1 rings (SSSR count). The summed E-state index contributed by atoms with van der Waals surface area (Å²) in [7, 11) is -3.02. The maximum absolute atomic E-state index is 12.5. The second-order valence-electron chi connectivity index (χ2n) is 6.10. The monoisotopic (exact) mass is 285 g/mol. The van der Waals surface area contributed by atoms with E-state index in [2.05, 4.69) is 6.07 Å². The van der Waals surface area contributed by atoms with Crippen LogP contribution in [0, 0.1) is 22.2 Å². The summed E-state index contributed by atoms with van der Waals surface area (Å²) in [6.07, 6.45) is 2.99. The van der Waals surface area contributed by atoms with Gasteiger partial charge in [0.15, 0.2) is 5.78 Å². The molecule has 1 aliphatic carbocycles. The van der Waals surface area contributed by atoms with Crippen LogP contribution in [0.3, 0.4) is 0 Å². The Bertz CT molecular complexity index is 487. The molecule has 1 unspecified atom stereocenters. The van der Waals surface area contributed by atoms with E-state index >= 15 is 0 Å². The predicted octanol–water partition coefficient (Wildman–Crippen LogP) is 2.49. The molecule has 0 aromatic rings. The van der Waals surface area contributed by atoms with Gasteiger partial charge in [-0.15, -0.1) is 0 Å². The Balaban J connectivity index is 2.78. The second kappa shape index (κ2) is 5.62. The summed E-state index contributed by atoms with van der Waals surface area (Å²) in [4.78, 5) is 12.5. The van der Waals surface area contributed by atoms with E-state index in [1.165, 1.54) is 0 Å². The van der Waals surface area contributed by atoms with Crippen LogP contribution in [0.4, 0.5) is 0 Å². The van der Waals surface area contributed by atoms with Crippen LogP contribution in [-0.2, 0) is 14.6 Å². The van der Waals surface area contributed by atoms with E-state index < -0.39 is 20.7 Å². The maximum Gasteiger partial charge on any atom is 0.158 e. The minimum absolute atomic E-state index is 0.0114. The molecule has 0 amide bonds. The topological polar surface area (TPSA) is 75.0 Å². The zero-order valence-electron chi connectivity index (χ0n) is 12.0. The van der Waals surface area contributed by atoms with Crippen molar-refractivity contribution in [3.05, 3.63) is 0 Å². The molecule has 1 saturated carbocycles. The van der Waals surface area contributed by atoms with Gasteiger partial charge in [0.1, 0.15) is 15.3 Å². The van der Waals surface area contributed by atoms with Gasteiger partial charge in [-0.1, -0.05) is 27.2 Å². The molecule has 1 atom stereocenters. The molecule has 0 radical (unpaired) electrons. The smallest absolute Gasteiger partial charge is 0.158 e. The van der Waals surface area contributed by atoms with Gasteiger partial charge >= 0.3 is 0 Å². The van der Waals surface area contributed by atoms with Crippen molar-refractivity contribution in [3.63, 3.8) is 0 Å². The molecule has 0 saturated heterocycles. The average Bonchev–Trinajstić information content (AvgIpc) is 2.34. The summed E-state index contributed by atoms with van der Waals surface area (Å²) in [6.45, 7) is 5.37. The number of sulfone groups is 1. The fourth-order valence-electron chi connectivity index (χ4n) is 2.85. The highest BCUT2D eigenvalue weighted by Gasteiger charge is 2.48. The highest BCUT2D eigenvalue weighted by atomic mass is 32.2. The molecule has 0 heterocycles. The Morgan fingerprint density at radius 3 is 2.47 bits per heavy atom. The Hall–Kier alpha value is -0.890. The zero-order chi connectivity index (χ0) is 14.7. The largest absolute Gasteiger partial charge is 0.297 e. The van der Waals surface area contributed by atoms with Crippen molar-refractivity contribution in [2.24, 2.45) is 10.8 Å². The van der Waals surface area contributed by atoms with Crippen molar-refractivity contribution in [1.82, 2.24) is 0 Å². The van der Waals surface area contributed by atoms with E-state index in [1.54, 1.807) is 6.92 Å². The van der Waals surface area contributed by atoms with Crippen molar-refractivity contribution in [2.75, 3.05) is 11.5 Å². The Morgan fingerprint density at radius 1 is 1.32 bits per heavy atom. The van der Waals surface area contributed by atoms with Crippen LogP contribution in [0.5, 0.6) is 0 Å². The lowest BCUT2D eigenvalue weighted by Gasteiger charge is -2.39. The summed E-state index contributed by atoms with van der Waals surface area (Å²) in [5, 5.41) is 9.41. The number of Topliss-reactive ketones (excluding diaryl/α,β-unsaturated/α-hetero) is 1. The Kier molecular flexibility index (Phi) is 4.78. The van der Waals surface area contributed by atoms with Crippen molar-refractivity contribution < 1.29 is 13.2 Å². The maximum atomic E-state index is 12.5. The lowest BCUT2D eigenvalue weighted by Crippen LogP contribution is -2.43. The highest BCUT2D eigenvalue weighted by molar-refractivity contribution is 7.91. The lowest BCUT2D eigenvalue weighted by atomic mass is 9.61. The molecule has 0 aliphatic heterocycles. The molecule has 1 fully saturated rings. The number of hydrogen-bond acceptors (Lipinski definition) is 4. The lowest BCUT2D eigenvalue weighted by molar-refractivity contribution is -0.138. The van der Waals surface area contributed by atoms with E-state index in [0.29, 0.717) is 19.3 Å². The molecule has 4 nitrogen and oxygen atoms in total. The first kappa shape index (κ1) is 16.2. The van der Waals surface area contributed by atoms with E-state index in [4.69, 9.17) is 0 Å². The van der Waals surface area contributed by atoms with Gasteiger partial charge in [-0.05, 0) is 25.7 Å². The normalized spacial score (nSPS) is 26.9. The summed E-state index contributed by atoms with van der Waals surface area (Å²) in [6, 6.07) is 2.18. The molecule has 0 bridgehead atoms. The van der Waals surface area contributed by atoms with E-state index in [9.17, 15) is 18.5 Å². The van der Waals surface area contributed by atoms with Gasteiger partial charge < -0.3 is 0 Å². The van der Waals surface area contributed by atoms with Crippen LogP contribution < -0.4 is 0 Å². The van der Waals surface area contributed by atoms with Crippen LogP contribution in [0.2, 0.25) is 0 Å². The number of carbonyl (C=O) groups excluding carboxylic acids is 1. The number of nitriles is 1. The standard InChI is InChI=1S/C14H23NO3S/c1-4-19(17,18)10-6-9-14(11-15)8-5-7-13(2,3)12(14)16/h4-10H2,1-3H3. The quantitative estimate of drug-likeness (QED) is 0.777. The molecule has 108 valence electrons. The van der Waals surface area contributed by atoms with Crippen molar-refractivity contribution >= 4 is 15.6 Å². The molecular weight excluding hydrogens is 262 g/mol. The molecule has 0 aromatic carbocycles. The van der Waals surface area contributed by atoms with Crippen LogP contribution in [0.25, 0.3) is 0 Å². The SMILES string of the molecule is CCS(=O)(=O)CCCC1(C#N)CCCC(C)(C)C1=O. The summed E-state index contributed by atoms with van der Waals surface area (Å²) < 4.78 is 22.9. The minimum Gasteiger partial charge on any atom is -0.297 e. The van der Waals surface area contributed by atoms with Crippen molar-refractivity contribution in [1.29, 1.82) is 5.26 Å². The van der Waals surface area contributed by atoms with Crippen LogP contribution in [0.15, 0.2) is 0 Å². The number of ketones is 1. The Labute approximate surface area is 116 Å². The first-order valence-corrected chi connectivity index (χ1v) is 8.68. The summed E-state index contributed by atoms with van der Waals surface area (Å²) in [5.74, 6) is 0.176. The fourth-order valence-corrected chi connectivity index (χ4v) is 3.72. The third-order valence-corrected chi connectivity index (χ3v) is 5.96. The minimum atomic E-state index is -3.02. The van der Waals surface area contributed by atoms with Crippen molar-refractivity contribution in [3.8, 4) is 6.07 Å². The van der Waals surface area contributed by atoms with Gasteiger partial charge in [0.05, 0.1) is 11.8 Å². The van der Waals surface area contributed by atoms with E-state index in [0.717, 1.165) is 12.8 Å². The van der Waals surface area contributed by atoms with Crippen LogP contribution >= 0.6 is 0 Å². The average molecular weight is 285 g/mol. The molecule has 5 heteroatoms. The predicted molar refractivity (Wildman–Crippen MR) is 74.2 cm³/mol. The van der Waals surface area contributed by atoms with E-state index in [1.807, 2.05) is 13.8 Å². The molecule has 0 aromatic heterocycles. The van der Waals surface area contributed by atoms with Crippen molar-refractivity contribution in [2.45, 2.75) is 52.9 Å². The first-order chi connectivity index (χ1) is 8.69. The van der Waals surface area contributed by atoms with Crippen LogP contribution in [0.1, 0.15) is 52.9 Å². The highest BCUT2D eigenvalue weighted by Crippen LogP contribution is 2.45. The third-order valence-electron chi connectivity index (χ3n) is 4.17. The Morgan fingerprint density at radius 2 is 1.95 bits per heavy atom. The number of hydrogen-bond donors (Lipinski definition) is 0. The van der Waals surface area contributed by atoms with Gasteiger partial charge in [0.2, 0.25) is 0 Å².